The molecule has 6 nitrogen and oxygen atoms in total. The van der Waals surface area contributed by atoms with E-state index in [1.54, 1.807) is 0 Å². The minimum absolute atomic E-state index is 0.0624. The third-order valence-electron chi connectivity index (χ3n) is 14.2. The Labute approximate surface area is 425 Å². The smallest absolute Gasteiger partial charge is 0.306 e. The van der Waals surface area contributed by atoms with Gasteiger partial charge in [0.15, 0.2) is 6.10 Å². The van der Waals surface area contributed by atoms with Gasteiger partial charge in [-0.2, -0.15) is 0 Å². The van der Waals surface area contributed by atoms with Crippen LogP contribution in [-0.2, 0) is 28.6 Å². The van der Waals surface area contributed by atoms with Crippen LogP contribution in [0, 0.1) is 11.8 Å². The van der Waals surface area contributed by atoms with Crippen LogP contribution in [0.3, 0.4) is 0 Å². The van der Waals surface area contributed by atoms with Crippen molar-refractivity contribution in [2.24, 2.45) is 11.8 Å². The van der Waals surface area contributed by atoms with Gasteiger partial charge in [0.25, 0.3) is 0 Å². The van der Waals surface area contributed by atoms with Gasteiger partial charge >= 0.3 is 17.9 Å². The predicted molar refractivity (Wildman–Crippen MR) is 293 cm³/mol. The Balaban J connectivity index is 4.27. The minimum atomic E-state index is -0.763. The maximum Gasteiger partial charge on any atom is 0.306 e. The van der Waals surface area contributed by atoms with E-state index in [1.807, 2.05) is 0 Å². The molecule has 0 heterocycles. The number of esters is 3. The van der Waals surface area contributed by atoms with Crippen LogP contribution in [0.2, 0.25) is 0 Å². The van der Waals surface area contributed by atoms with Gasteiger partial charge in [0.1, 0.15) is 13.2 Å². The standard InChI is InChI=1S/C62H120O6/c1-6-7-8-9-10-11-12-13-14-15-16-17-20-24-27-34-39-44-49-54-62(65)68-59(56-67-61(64)53-48-43-38-33-29-28-31-36-41-46-51-58(4)5)55-66-60(63)52-47-42-37-32-26-23-21-18-19-22-25-30-35-40-45-50-57(2)3/h57-59H,6-56H2,1-5H3/t59-/m0/s1. The lowest BCUT2D eigenvalue weighted by molar-refractivity contribution is -0.167. The van der Waals surface area contributed by atoms with Crippen molar-refractivity contribution < 1.29 is 28.6 Å². The lowest BCUT2D eigenvalue weighted by atomic mass is 10.0. The molecule has 0 N–H and O–H groups in total. The van der Waals surface area contributed by atoms with E-state index in [0.29, 0.717) is 19.3 Å². The molecule has 0 aliphatic heterocycles. The second-order valence-electron chi connectivity index (χ2n) is 22.3. The summed E-state index contributed by atoms with van der Waals surface area (Å²) in [5.74, 6) is 0.832. The van der Waals surface area contributed by atoms with Crippen LogP contribution in [0.15, 0.2) is 0 Å². The zero-order valence-electron chi connectivity index (χ0n) is 46.7. The fraction of sp³-hybridized carbons (Fsp3) is 0.952. The molecule has 0 unspecified atom stereocenters. The molecule has 404 valence electrons. The largest absolute Gasteiger partial charge is 0.462 e. The van der Waals surface area contributed by atoms with Crippen LogP contribution >= 0.6 is 0 Å². The van der Waals surface area contributed by atoms with Crippen LogP contribution in [0.1, 0.15) is 349 Å². The van der Waals surface area contributed by atoms with Crippen molar-refractivity contribution in [3.8, 4) is 0 Å². The number of rotatable bonds is 56. The van der Waals surface area contributed by atoms with Crippen molar-refractivity contribution in [3.05, 3.63) is 0 Å². The average molecular weight is 962 g/mol. The van der Waals surface area contributed by atoms with Crippen molar-refractivity contribution in [1.82, 2.24) is 0 Å². The molecule has 1 atom stereocenters. The SMILES string of the molecule is CCCCCCCCCCCCCCCCCCCCCC(=O)O[C@@H](COC(=O)CCCCCCCCCCCCCCCCCC(C)C)COC(=O)CCCCCCCCCCCCC(C)C. The quantitative estimate of drug-likeness (QED) is 0.0343. The minimum Gasteiger partial charge on any atom is -0.462 e. The van der Waals surface area contributed by atoms with Crippen molar-refractivity contribution >= 4 is 17.9 Å². The summed E-state index contributed by atoms with van der Waals surface area (Å²) in [5.41, 5.74) is 0. The second kappa shape index (κ2) is 54.7. The fourth-order valence-electron chi connectivity index (χ4n) is 9.58. The lowest BCUT2D eigenvalue weighted by Crippen LogP contribution is -2.30. The Kier molecular flexibility index (Phi) is 53.5. The van der Waals surface area contributed by atoms with E-state index in [0.717, 1.165) is 69.6 Å². The zero-order valence-corrected chi connectivity index (χ0v) is 46.7. The molecule has 0 saturated heterocycles. The summed E-state index contributed by atoms with van der Waals surface area (Å²) in [5, 5.41) is 0. The molecule has 0 aromatic rings. The van der Waals surface area contributed by atoms with E-state index < -0.39 is 6.10 Å². The third-order valence-corrected chi connectivity index (χ3v) is 14.2. The van der Waals surface area contributed by atoms with E-state index in [4.69, 9.17) is 14.2 Å². The third kappa shape index (κ3) is 55.3. The molecule has 0 saturated carbocycles. The molecule has 0 spiro atoms. The molecule has 0 aliphatic carbocycles. The van der Waals surface area contributed by atoms with Crippen LogP contribution in [0.25, 0.3) is 0 Å². The maximum atomic E-state index is 12.9. The highest BCUT2D eigenvalue weighted by Gasteiger charge is 2.19. The Morgan fingerprint density at radius 2 is 0.485 bits per heavy atom. The highest BCUT2D eigenvalue weighted by atomic mass is 16.6. The summed E-state index contributed by atoms with van der Waals surface area (Å²) in [4.78, 5) is 38.2. The molecule has 0 rings (SSSR count). The Hall–Kier alpha value is -1.59. The Morgan fingerprint density at radius 1 is 0.279 bits per heavy atom. The van der Waals surface area contributed by atoms with Crippen LogP contribution < -0.4 is 0 Å². The monoisotopic (exact) mass is 961 g/mol. The molecular formula is C62H120O6. The first kappa shape index (κ1) is 66.4. The maximum absolute atomic E-state index is 12.9. The summed E-state index contributed by atoms with van der Waals surface area (Å²) in [6.45, 7) is 11.4. The molecule has 0 aliphatic rings. The number of carbonyl (C=O) groups excluding carboxylic acids is 3. The van der Waals surface area contributed by atoms with Gasteiger partial charge in [-0.15, -0.1) is 0 Å². The highest BCUT2D eigenvalue weighted by molar-refractivity contribution is 5.71. The fourth-order valence-corrected chi connectivity index (χ4v) is 9.58. The zero-order chi connectivity index (χ0) is 49.6. The van der Waals surface area contributed by atoms with Crippen molar-refractivity contribution in [2.75, 3.05) is 13.2 Å². The van der Waals surface area contributed by atoms with Crippen molar-refractivity contribution in [3.63, 3.8) is 0 Å². The first-order chi connectivity index (χ1) is 33.2. The topological polar surface area (TPSA) is 78.9 Å². The van der Waals surface area contributed by atoms with Gasteiger partial charge in [0, 0.05) is 19.3 Å². The Morgan fingerprint density at radius 3 is 0.721 bits per heavy atom. The summed E-state index contributed by atoms with van der Waals surface area (Å²) >= 11 is 0. The van der Waals surface area contributed by atoms with Crippen molar-refractivity contribution in [2.45, 2.75) is 355 Å². The molecule has 0 aromatic heterocycles. The Bertz CT molecular complexity index is 1040. The number of hydrogen-bond donors (Lipinski definition) is 0. The number of hydrogen-bond acceptors (Lipinski definition) is 6. The van der Waals surface area contributed by atoms with E-state index in [2.05, 4.69) is 34.6 Å². The highest BCUT2D eigenvalue weighted by Crippen LogP contribution is 2.19. The van der Waals surface area contributed by atoms with Gasteiger partial charge in [-0.05, 0) is 31.1 Å². The van der Waals surface area contributed by atoms with Gasteiger partial charge in [0.2, 0.25) is 0 Å². The summed E-state index contributed by atoms with van der Waals surface area (Å²) < 4.78 is 16.9. The van der Waals surface area contributed by atoms with Crippen LogP contribution in [-0.4, -0.2) is 37.2 Å². The molecule has 6 heteroatoms. The van der Waals surface area contributed by atoms with E-state index in [9.17, 15) is 14.4 Å². The molecular weight excluding hydrogens is 841 g/mol. The van der Waals surface area contributed by atoms with Crippen LogP contribution in [0.4, 0.5) is 0 Å². The van der Waals surface area contributed by atoms with Gasteiger partial charge in [-0.1, -0.05) is 311 Å². The van der Waals surface area contributed by atoms with E-state index in [1.165, 1.54) is 238 Å². The predicted octanol–water partition coefficient (Wildman–Crippen LogP) is 20.4. The van der Waals surface area contributed by atoms with Crippen molar-refractivity contribution in [1.29, 1.82) is 0 Å². The number of unbranched alkanes of at least 4 members (excludes halogenated alkanes) is 41. The van der Waals surface area contributed by atoms with Gasteiger partial charge in [0.05, 0.1) is 0 Å². The summed E-state index contributed by atoms with van der Waals surface area (Å²) in [7, 11) is 0. The first-order valence-electron chi connectivity index (χ1n) is 30.7. The van der Waals surface area contributed by atoms with E-state index >= 15 is 0 Å². The second-order valence-corrected chi connectivity index (χ2v) is 22.3. The number of ether oxygens (including phenoxy) is 3. The molecule has 68 heavy (non-hydrogen) atoms. The van der Waals surface area contributed by atoms with Gasteiger partial charge < -0.3 is 14.2 Å². The molecule has 0 amide bonds. The summed E-state index contributed by atoms with van der Waals surface area (Å²) in [6, 6.07) is 0. The molecule has 0 aromatic carbocycles. The number of carbonyl (C=O) groups is 3. The summed E-state index contributed by atoms with van der Waals surface area (Å²) in [6.07, 6.45) is 59.6. The average Bonchev–Trinajstić information content (AvgIpc) is 3.31. The van der Waals surface area contributed by atoms with Crippen LogP contribution in [0.5, 0.6) is 0 Å². The van der Waals surface area contributed by atoms with Gasteiger partial charge in [-0.3, -0.25) is 14.4 Å². The normalized spacial score (nSPS) is 12.0. The molecule has 0 radical (unpaired) electrons. The lowest BCUT2D eigenvalue weighted by Gasteiger charge is -2.18. The molecule has 0 fully saturated rings. The first-order valence-corrected chi connectivity index (χ1v) is 30.7. The van der Waals surface area contributed by atoms with E-state index in [-0.39, 0.29) is 31.1 Å². The molecule has 0 bridgehead atoms. The van der Waals surface area contributed by atoms with Gasteiger partial charge in [-0.25, -0.2) is 0 Å².